The fraction of sp³-hybridized carbons (Fsp3) is 0.270. The molecule has 2 aliphatic heterocycles. The van der Waals surface area contributed by atoms with Gasteiger partial charge in [0.05, 0.1) is 17.5 Å². The molecule has 0 spiro atoms. The Hall–Kier alpha value is -5.49. The van der Waals surface area contributed by atoms with E-state index in [1.165, 1.54) is 78.6 Å². The average molecular weight is 669 g/mol. The Balaban J connectivity index is 1.08. The SMILES string of the molecule is O=C(Nc1ccc(Oc2ccnc3cc(OCCCN4CCCCC4)c4c(c23)OCCO4)c(F)c1)c1cccn(-c2ccc(F)cc2)c1=O. The number of halogens is 2. The van der Waals surface area contributed by atoms with E-state index in [0.29, 0.717) is 59.4 Å². The normalized spacial score (nSPS) is 14.4. The number of carbonyl (C=O) groups is 1. The number of pyridine rings is 2. The largest absolute Gasteiger partial charge is 0.489 e. The predicted octanol–water partition coefficient (Wildman–Crippen LogP) is 6.73. The zero-order valence-electron chi connectivity index (χ0n) is 26.6. The molecule has 3 aromatic carbocycles. The summed E-state index contributed by atoms with van der Waals surface area (Å²) in [6.45, 7) is 4.40. The lowest BCUT2D eigenvalue weighted by Crippen LogP contribution is -2.31. The zero-order chi connectivity index (χ0) is 33.7. The molecule has 0 saturated carbocycles. The molecule has 0 bridgehead atoms. The highest BCUT2D eigenvalue weighted by molar-refractivity contribution is 6.04. The highest BCUT2D eigenvalue weighted by Crippen LogP contribution is 2.48. The minimum absolute atomic E-state index is 0.104. The third-order valence-electron chi connectivity index (χ3n) is 8.47. The Labute approximate surface area is 280 Å². The van der Waals surface area contributed by atoms with Gasteiger partial charge in [0.2, 0.25) is 5.75 Å². The number of likely N-dealkylation sites (tertiary alicyclic amines) is 1. The Morgan fingerprint density at radius 3 is 2.49 bits per heavy atom. The van der Waals surface area contributed by atoms with Gasteiger partial charge in [0.15, 0.2) is 23.1 Å². The number of ether oxygens (including phenoxy) is 4. The average Bonchev–Trinajstić information content (AvgIpc) is 3.12. The van der Waals surface area contributed by atoms with Gasteiger partial charge < -0.3 is 29.2 Å². The maximum Gasteiger partial charge on any atom is 0.267 e. The summed E-state index contributed by atoms with van der Waals surface area (Å²) in [6, 6.07) is 15.5. The first-order chi connectivity index (χ1) is 23.9. The van der Waals surface area contributed by atoms with E-state index in [2.05, 4.69) is 15.2 Å². The standard InChI is InChI=1S/C37H34F2N4O6/c38-24-7-10-26(11-8-24)43-18-4-6-27(37(43)45)36(44)41-25-9-12-30(28(39)22-25)49-31-13-14-40-29-23-32(34-35(33(29)31)48-21-20-47-34)46-19-5-17-42-15-2-1-3-16-42/h4,6-14,18,22-23H,1-3,5,15-17,19-21H2,(H,41,44). The van der Waals surface area contributed by atoms with Crippen molar-refractivity contribution in [2.24, 2.45) is 0 Å². The smallest absolute Gasteiger partial charge is 0.267 e. The van der Waals surface area contributed by atoms with Crippen molar-refractivity contribution in [1.29, 1.82) is 0 Å². The number of carbonyl (C=O) groups excluding carboxylic acids is 1. The van der Waals surface area contributed by atoms with E-state index in [-0.39, 0.29) is 17.0 Å². The van der Waals surface area contributed by atoms with Crippen molar-refractivity contribution >= 4 is 22.5 Å². The van der Waals surface area contributed by atoms with Crippen LogP contribution in [0.5, 0.6) is 28.7 Å². The first-order valence-electron chi connectivity index (χ1n) is 16.3. The molecule has 2 aromatic heterocycles. The third-order valence-corrected chi connectivity index (χ3v) is 8.47. The topological polar surface area (TPSA) is 104 Å². The third kappa shape index (κ3) is 7.05. The van der Waals surface area contributed by atoms with Crippen molar-refractivity contribution in [3.8, 4) is 34.4 Å². The summed E-state index contributed by atoms with van der Waals surface area (Å²) in [5.74, 6) is -0.352. The number of amides is 1. The van der Waals surface area contributed by atoms with Gasteiger partial charge in [-0.1, -0.05) is 6.42 Å². The van der Waals surface area contributed by atoms with Crippen LogP contribution in [0, 0.1) is 11.6 Å². The second kappa shape index (κ2) is 14.3. The molecule has 1 fully saturated rings. The molecule has 0 atom stereocenters. The maximum absolute atomic E-state index is 15.4. The van der Waals surface area contributed by atoms with Crippen LogP contribution in [0.1, 0.15) is 36.0 Å². The molecule has 1 saturated heterocycles. The molecule has 12 heteroatoms. The van der Waals surface area contributed by atoms with E-state index in [0.717, 1.165) is 32.1 Å². The zero-order valence-corrected chi connectivity index (χ0v) is 26.6. The van der Waals surface area contributed by atoms with E-state index >= 15 is 4.39 Å². The van der Waals surface area contributed by atoms with Crippen LogP contribution in [-0.2, 0) is 0 Å². The number of hydrogen-bond acceptors (Lipinski definition) is 8. The van der Waals surface area contributed by atoms with Crippen molar-refractivity contribution in [2.75, 3.05) is 44.8 Å². The van der Waals surface area contributed by atoms with Gasteiger partial charge in [-0.25, -0.2) is 8.78 Å². The summed E-state index contributed by atoms with van der Waals surface area (Å²) in [7, 11) is 0. The van der Waals surface area contributed by atoms with Crippen molar-refractivity contribution < 1.29 is 32.5 Å². The molecule has 1 amide bonds. The monoisotopic (exact) mass is 668 g/mol. The van der Waals surface area contributed by atoms with Gasteiger partial charge in [0.25, 0.3) is 11.5 Å². The number of aromatic nitrogens is 2. The quantitative estimate of drug-likeness (QED) is 0.163. The highest BCUT2D eigenvalue weighted by Gasteiger charge is 2.25. The van der Waals surface area contributed by atoms with Gasteiger partial charge in [0, 0.05) is 42.4 Å². The summed E-state index contributed by atoms with van der Waals surface area (Å²) < 4.78 is 54.2. The first-order valence-corrected chi connectivity index (χ1v) is 16.3. The Morgan fingerprint density at radius 1 is 0.898 bits per heavy atom. The summed E-state index contributed by atoms with van der Waals surface area (Å²) in [4.78, 5) is 33.1. The molecule has 2 aliphatic rings. The molecular formula is C37H34F2N4O6. The van der Waals surface area contributed by atoms with Crippen LogP contribution in [0.15, 0.2) is 83.9 Å². The lowest BCUT2D eigenvalue weighted by Gasteiger charge is -2.26. The lowest BCUT2D eigenvalue weighted by molar-refractivity contribution is 0.102. The summed E-state index contributed by atoms with van der Waals surface area (Å²) >= 11 is 0. The second-order valence-corrected chi connectivity index (χ2v) is 11.8. The Kier molecular flexibility index (Phi) is 9.38. The number of fused-ring (bicyclic) bond motifs is 3. The molecule has 1 N–H and O–H groups in total. The lowest BCUT2D eigenvalue weighted by atomic mass is 10.1. The van der Waals surface area contributed by atoms with Gasteiger partial charge in [-0.05, 0) is 86.9 Å². The molecular weight excluding hydrogens is 634 g/mol. The van der Waals surface area contributed by atoms with Gasteiger partial charge in [-0.3, -0.25) is 19.1 Å². The molecule has 7 rings (SSSR count). The minimum atomic E-state index is -0.751. The van der Waals surface area contributed by atoms with Crippen LogP contribution in [0.4, 0.5) is 14.5 Å². The van der Waals surface area contributed by atoms with Crippen molar-refractivity contribution in [1.82, 2.24) is 14.5 Å². The van der Waals surface area contributed by atoms with Gasteiger partial charge in [-0.2, -0.15) is 0 Å². The van der Waals surface area contributed by atoms with E-state index in [1.54, 1.807) is 18.3 Å². The summed E-state index contributed by atoms with van der Waals surface area (Å²) in [6.07, 6.45) is 7.68. The minimum Gasteiger partial charge on any atom is -0.489 e. The highest BCUT2D eigenvalue weighted by atomic mass is 19.1. The number of anilines is 1. The van der Waals surface area contributed by atoms with E-state index in [4.69, 9.17) is 18.9 Å². The molecule has 252 valence electrons. The van der Waals surface area contributed by atoms with Crippen LogP contribution in [0.2, 0.25) is 0 Å². The molecule has 49 heavy (non-hydrogen) atoms. The molecule has 0 unspecified atom stereocenters. The van der Waals surface area contributed by atoms with Crippen LogP contribution < -0.4 is 29.8 Å². The number of piperidine rings is 1. The predicted molar refractivity (Wildman–Crippen MR) is 180 cm³/mol. The van der Waals surface area contributed by atoms with Gasteiger partial charge in [0.1, 0.15) is 30.3 Å². The maximum atomic E-state index is 15.4. The summed E-state index contributed by atoms with van der Waals surface area (Å²) in [5, 5.41) is 3.07. The Bertz CT molecular complexity index is 2050. The number of rotatable bonds is 10. The number of benzene rings is 3. The van der Waals surface area contributed by atoms with E-state index in [1.807, 2.05) is 0 Å². The molecule has 0 aliphatic carbocycles. The Morgan fingerprint density at radius 2 is 1.69 bits per heavy atom. The van der Waals surface area contributed by atoms with Crippen molar-refractivity contribution in [2.45, 2.75) is 25.7 Å². The van der Waals surface area contributed by atoms with Crippen molar-refractivity contribution in [3.63, 3.8) is 0 Å². The van der Waals surface area contributed by atoms with Crippen molar-refractivity contribution in [3.05, 3.63) is 107 Å². The number of nitrogens with zero attached hydrogens (tertiary/aromatic N) is 3. The fourth-order valence-corrected chi connectivity index (χ4v) is 6.07. The fourth-order valence-electron chi connectivity index (χ4n) is 6.07. The van der Waals surface area contributed by atoms with Crippen LogP contribution in [0.25, 0.3) is 16.6 Å². The first kappa shape index (κ1) is 32.1. The van der Waals surface area contributed by atoms with Gasteiger partial charge in [-0.15, -0.1) is 0 Å². The molecule has 5 aromatic rings. The number of hydrogen-bond donors (Lipinski definition) is 1. The van der Waals surface area contributed by atoms with Crippen LogP contribution >= 0.6 is 0 Å². The van der Waals surface area contributed by atoms with Crippen LogP contribution in [-0.4, -0.2) is 59.8 Å². The molecule has 4 heterocycles. The number of nitrogens with one attached hydrogen (secondary N) is 1. The molecule has 0 radical (unpaired) electrons. The van der Waals surface area contributed by atoms with Gasteiger partial charge >= 0.3 is 0 Å². The molecule has 10 nitrogen and oxygen atoms in total. The summed E-state index contributed by atoms with van der Waals surface area (Å²) in [5.41, 5.74) is 0.251. The van der Waals surface area contributed by atoms with E-state index < -0.39 is 23.1 Å². The second-order valence-electron chi connectivity index (χ2n) is 11.8. The van der Waals surface area contributed by atoms with Crippen LogP contribution in [0.3, 0.4) is 0 Å². The van der Waals surface area contributed by atoms with E-state index in [9.17, 15) is 14.0 Å².